The summed E-state index contributed by atoms with van der Waals surface area (Å²) in [5.41, 5.74) is 1.01. The van der Waals surface area contributed by atoms with Gasteiger partial charge in [0.05, 0.1) is 12.7 Å². The summed E-state index contributed by atoms with van der Waals surface area (Å²) in [5.74, 6) is -0.499. The SMILES string of the molecule is COC(=O)c1ccc(C(=O)NCCCN2CCCC[C@H]2C)cc1. The van der Waals surface area contributed by atoms with E-state index in [1.807, 2.05) is 0 Å². The van der Waals surface area contributed by atoms with Gasteiger partial charge in [-0.25, -0.2) is 4.79 Å². The van der Waals surface area contributed by atoms with Crippen LogP contribution in [0, 0.1) is 0 Å². The van der Waals surface area contributed by atoms with E-state index in [2.05, 4.69) is 21.9 Å². The first-order valence-corrected chi connectivity index (χ1v) is 8.32. The molecule has 23 heavy (non-hydrogen) atoms. The first-order valence-electron chi connectivity index (χ1n) is 8.32. The molecule has 0 radical (unpaired) electrons. The second-order valence-electron chi connectivity index (χ2n) is 6.06. The zero-order valence-corrected chi connectivity index (χ0v) is 14.0. The molecule has 1 amide bonds. The third kappa shape index (κ3) is 5.06. The maximum absolute atomic E-state index is 12.1. The lowest BCUT2D eigenvalue weighted by molar-refractivity contribution is 0.0600. The number of carbonyl (C=O) groups excluding carboxylic acids is 2. The van der Waals surface area contributed by atoms with Gasteiger partial charge < -0.3 is 15.0 Å². The van der Waals surface area contributed by atoms with Crippen molar-refractivity contribution >= 4 is 11.9 Å². The van der Waals surface area contributed by atoms with Crippen LogP contribution in [0.15, 0.2) is 24.3 Å². The van der Waals surface area contributed by atoms with Gasteiger partial charge >= 0.3 is 5.97 Å². The molecule has 1 fully saturated rings. The maximum Gasteiger partial charge on any atom is 0.337 e. The molecule has 0 bridgehead atoms. The molecule has 1 saturated heterocycles. The van der Waals surface area contributed by atoms with E-state index in [0.717, 1.165) is 13.0 Å². The van der Waals surface area contributed by atoms with Crippen molar-refractivity contribution in [3.05, 3.63) is 35.4 Å². The van der Waals surface area contributed by atoms with Crippen LogP contribution in [0.5, 0.6) is 0 Å². The monoisotopic (exact) mass is 318 g/mol. The number of amides is 1. The summed E-state index contributed by atoms with van der Waals surface area (Å²) in [5, 5.41) is 2.93. The number of methoxy groups -OCH3 is 1. The largest absolute Gasteiger partial charge is 0.465 e. The molecule has 126 valence electrons. The molecule has 1 heterocycles. The molecule has 1 aromatic rings. The van der Waals surface area contributed by atoms with E-state index in [4.69, 9.17) is 0 Å². The number of hydrogen-bond acceptors (Lipinski definition) is 4. The fourth-order valence-electron chi connectivity index (χ4n) is 2.95. The van der Waals surface area contributed by atoms with Crippen LogP contribution in [0.4, 0.5) is 0 Å². The Morgan fingerprint density at radius 2 is 1.91 bits per heavy atom. The lowest BCUT2D eigenvalue weighted by atomic mass is 10.0. The predicted molar refractivity (Wildman–Crippen MR) is 89.6 cm³/mol. The van der Waals surface area contributed by atoms with Crippen molar-refractivity contribution in [1.82, 2.24) is 10.2 Å². The highest BCUT2D eigenvalue weighted by molar-refractivity contribution is 5.96. The number of rotatable bonds is 6. The molecule has 1 aliphatic heterocycles. The summed E-state index contributed by atoms with van der Waals surface area (Å²) < 4.78 is 4.64. The van der Waals surface area contributed by atoms with Crippen LogP contribution < -0.4 is 5.32 Å². The van der Waals surface area contributed by atoms with Crippen molar-refractivity contribution in [2.75, 3.05) is 26.7 Å². The van der Waals surface area contributed by atoms with Crippen LogP contribution in [0.25, 0.3) is 0 Å². The van der Waals surface area contributed by atoms with Gasteiger partial charge in [-0.1, -0.05) is 6.42 Å². The van der Waals surface area contributed by atoms with Gasteiger partial charge in [-0.2, -0.15) is 0 Å². The molecular formula is C18H26N2O3. The van der Waals surface area contributed by atoms with E-state index in [9.17, 15) is 9.59 Å². The Kier molecular flexibility index (Phi) is 6.59. The van der Waals surface area contributed by atoms with E-state index in [-0.39, 0.29) is 5.91 Å². The Bertz CT molecular complexity index is 528. The van der Waals surface area contributed by atoms with Gasteiger partial charge in [0.2, 0.25) is 0 Å². The van der Waals surface area contributed by atoms with E-state index < -0.39 is 5.97 Å². The Labute approximate surface area is 138 Å². The Morgan fingerprint density at radius 1 is 1.22 bits per heavy atom. The molecule has 1 aromatic carbocycles. The summed E-state index contributed by atoms with van der Waals surface area (Å²) in [6, 6.07) is 7.17. The Hall–Kier alpha value is -1.88. The second kappa shape index (κ2) is 8.67. The summed E-state index contributed by atoms with van der Waals surface area (Å²) in [6.45, 7) is 5.15. The number of esters is 1. The zero-order valence-electron chi connectivity index (χ0n) is 14.0. The molecule has 0 aromatic heterocycles. The van der Waals surface area contributed by atoms with Gasteiger partial charge in [0.1, 0.15) is 0 Å². The van der Waals surface area contributed by atoms with Crippen molar-refractivity contribution in [3.8, 4) is 0 Å². The number of carbonyl (C=O) groups is 2. The quantitative estimate of drug-likeness (QED) is 0.646. The van der Waals surface area contributed by atoms with Crippen molar-refractivity contribution in [1.29, 1.82) is 0 Å². The number of nitrogens with one attached hydrogen (secondary N) is 1. The van der Waals surface area contributed by atoms with Crippen LogP contribution >= 0.6 is 0 Å². The molecule has 1 atom stereocenters. The van der Waals surface area contributed by atoms with Crippen molar-refractivity contribution in [2.24, 2.45) is 0 Å². The highest BCUT2D eigenvalue weighted by atomic mass is 16.5. The molecule has 5 nitrogen and oxygen atoms in total. The standard InChI is InChI=1S/C18H26N2O3/c1-14-6-3-4-12-20(14)13-5-11-19-17(21)15-7-9-16(10-8-15)18(22)23-2/h7-10,14H,3-6,11-13H2,1-2H3,(H,19,21)/t14-/m1/s1. The van der Waals surface area contributed by atoms with Crippen LogP contribution in [-0.4, -0.2) is 49.6 Å². The van der Waals surface area contributed by atoms with E-state index >= 15 is 0 Å². The smallest absolute Gasteiger partial charge is 0.337 e. The summed E-state index contributed by atoms with van der Waals surface area (Å²) in [4.78, 5) is 25.9. The average molecular weight is 318 g/mol. The number of hydrogen-bond donors (Lipinski definition) is 1. The molecule has 0 unspecified atom stereocenters. The summed E-state index contributed by atoms with van der Waals surface area (Å²) in [7, 11) is 1.34. The topological polar surface area (TPSA) is 58.6 Å². The second-order valence-corrected chi connectivity index (χ2v) is 6.06. The van der Waals surface area contributed by atoms with E-state index in [1.54, 1.807) is 24.3 Å². The fraction of sp³-hybridized carbons (Fsp3) is 0.556. The highest BCUT2D eigenvalue weighted by Crippen LogP contribution is 2.16. The minimum atomic E-state index is -0.396. The third-order valence-electron chi connectivity index (χ3n) is 4.42. The van der Waals surface area contributed by atoms with Crippen molar-refractivity contribution in [3.63, 3.8) is 0 Å². The molecule has 1 aliphatic rings. The van der Waals surface area contributed by atoms with Crippen LogP contribution in [-0.2, 0) is 4.74 Å². The lowest BCUT2D eigenvalue weighted by Crippen LogP contribution is -2.39. The van der Waals surface area contributed by atoms with Crippen LogP contribution in [0.1, 0.15) is 53.3 Å². The predicted octanol–water partition coefficient (Wildman–Crippen LogP) is 2.47. The maximum atomic E-state index is 12.1. The average Bonchev–Trinajstić information content (AvgIpc) is 2.59. The van der Waals surface area contributed by atoms with Gasteiger partial charge in [0, 0.05) is 24.7 Å². The Morgan fingerprint density at radius 3 is 2.57 bits per heavy atom. The normalized spacial score (nSPS) is 18.4. The third-order valence-corrected chi connectivity index (χ3v) is 4.42. The molecule has 2 rings (SSSR count). The van der Waals surface area contributed by atoms with E-state index in [0.29, 0.717) is 23.7 Å². The number of nitrogens with zero attached hydrogens (tertiary/aromatic N) is 1. The molecule has 5 heteroatoms. The summed E-state index contributed by atoms with van der Waals surface area (Å²) >= 11 is 0. The number of piperidine rings is 1. The summed E-state index contributed by atoms with van der Waals surface area (Å²) in [6.07, 6.45) is 4.84. The number of likely N-dealkylation sites (tertiary alicyclic amines) is 1. The van der Waals surface area contributed by atoms with Gasteiger partial charge in [-0.15, -0.1) is 0 Å². The first-order chi connectivity index (χ1) is 11.1. The van der Waals surface area contributed by atoms with Gasteiger partial charge in [-0.05, 0) is 57.0 Å². The highest BCUT2D eigenvalue weighted by Gasteiger charge is 2.17. The Balaban J connectivity index is 1.73. The molecule has 0 saturated carbocycles. The van der Waals surface area contributed by atoms with Crippen LogP contribution in [0.2, 0.25) is 0 Å². The van der Waals surface area contributed by atoms with Crippen molar-refractivity contribution in [2.45, 2.75) is 38.6 Å². The zero-order chi connectivity index (χ0) is 16.7. The minimum absolute atomic E-state index is 0.104. The van der Waals surface area contributed by atoms with Gasteiger partial charge in [0.15, 0.2) is 0 Å². The lowest BCUT2D eigenvalue weighted by Gasteiger charge is -2.33. The minimum Gasteiger partial charge on any atom is -0.465 e. The van der Waals surface area contributed by atoms with Crippen LogP contribution in [0.3, 0.4) is 0 Å². The molecular weight excluding hydrogens is 292 g/mol. The number of benzene rings is 1. The van der Waals surface area contributed by atoms with E-state index in [1.165, 1.54) is 32.9 Å². The molecule has 0 aliphatic carbocycles. The van der Waals surface area contributed by atoms with Gasteiger partial charge in [-0.3, -0.25) is 4.79 Å². The fourth-order valence-corrected chi connectivity index (χ4v) is 2.95. The van der Waals surface area contributed by atoms with Crippen molar-refractivity contribution < 1.29 is 14.3 Å². The number of ether oxygens (including phenoxy) is 1. The molecule has 0 spiro atoms. The van der Waals surface area contributed by atoms with Gasteiger partial charge in [0.25, 0.3) is 5.91 Å². The first kappa shape index (κ1) is 17.5. The molecule has 1 N–H and O–H groups in total.